The van der Waals surface area contributed by atoms with Gasteiger partial charge in [0.15, 0.2) is 0 Å². The first kappa shape index (κ1) is 14.7. The van der Waals surface area contributed by atoms with Gasteiger partial charge in [-0.2, -0.15) is 0 Å². The molecular weight excluding hydrogens is 284 g/mol. The van der Waals surface area contributed by atoms with E-state index < -0.39 is 0 Å². The van der Waals surface area contributed by atoms with E-state index in [1.54, 1.807) is 31.9 Å². The summed E-state index contributed by atoms with van der Waals surface area (Å²) >= 11 is 8.02. The minimum absolute atomic E-state index is 0.00289. The molecule has 1 aliphatic heterocycles. The summed E-state index contributed by atoms with van der Waals surface area (Å²) in [5.74, 6) is 0.652. The first-order valence-corrected chi connectivity index (χ1v) is 7.62. The topological polar surface area (TPSA) is 35.5 Å². The molecule has 104 valence electrons. The number of rotatable bonds is 3. The Kier molecular flexibility index (Phi) is 4.76. The number of carbonyl (C=O) groups is 1. The van der Waals surface area contributed by atoms with Gasteiger partial charge in [-0.05, 0) is 37.5 Å². The van der Waals surface area contributed by atoms with Crippen molar-refractivity contribution in [3.05, 3.63) is 27.8 Å². The molecule has 0 spiro atoms. The quantitative estimate of drug-likeness (QED) is 0.790. The van der Waals surface area contributed by atoms with Crippen molar-refractivity contribution in [1.29, 1.82) is 0 Å². The number of benzene rings is 1. The van der Waals surface area contributed by atoms with Crippen molar-refractivity contribution < 1.29 is 14.3 Å². The van der Waals surface area contributed by atoms with Gasteiger partial charge >= 0.3 is 5.97 Å². The number of thioether (sulfide) groups is 1. The van der Waals surface area contributed by atoms with Crippen LogP contribution in [0.15, 0.2) is 11.0 Å². The van der Waals surface area contributed by atoms with E-state index in [4.69, 9.17) is 21.1 Å². The molecule has 1 aromatic carbocycles. The molecule has 19 heavy (non-hydrogen) atoms. The third kappa shape index (κ3) is 2.76. The van der Waals surface area contributed by atoms with Gasteiger partial charge in [-0.3, -0.25) is 0 Å². The number of halogens is 1. The molecule has 5 heteroatoms. The molecule has 0 radical (unpaired) electrons. The molecule has 1 atom stereocenters. The molecule has 1 aromatic rings. The smallest absolute Gasteiger partial charge is 0.338 e. The molecule has 0 saturated carbocycles. The fourth-order valence-corrected chi connectivity index (χ4v) is 3.90. The molecule has 0 aliphatic carbocycles. The van der Waals surface area contributed by atoms with E-state index in [0.29, 0.717) is 17.2 Å². The van der Waals surface area contributed by atoms with Crippen LogP contribution in [-0.2, 0) is 9.47 Å². The van der Waals surface area contributed by atoms with Crippen LogP contribution < -0.4 is 0 Å². The molecule has 1 aliphatic rings. The molecule has 3 nitrogen and oxygen atoms in total. The first-order valence-electron chi connectivity index (χ1n) is 6.25. The van der Waals surface area contributed by atoms with Gasteiger partial charge in [0.05, 0.1) is 23.3 Å². The monoisotopic (exact) mass is 300 g/mol. The molecule has 2 rings (SSSR count). The van der Waals surface area contributed by atoms with E-state index in [-0.39, 0.29) is 12.1 Å². The van der Waals surface area contributed by atoms with Crippen molar-refractivity contribution in [2.45, 2.75) is 31.3 Å². The zero-order valence-corrected chi connectivity index (χ0v) is 12.9. The lowest BCUT2D eigenvalue weighted by Gasteiger charge is -2.27. The summed E-state index contributed by atoms with van der Waals surface area (Å²) in [4.78, 5) is 13.0. The maximum absolute atomic E-state index is 12.0. The Morgan fingerprint density at radius 2 is 2.32 bits per heavy atom. The minimum Gasteiger partial charge on any atom is -0.462 e. The molecule has 0 amide bonds. The van der Waals surface area contributed by atoms with Crippen molar-refractivity contribution in [3.63, 3.8) is 0 Å². The predicted octanol–water partition coefficient (Wildman–Crippen LogP) is 4.01. The van der Waals surface area contributed by atoms with E-state index in [9.17, 15) is 4.79 Å². The standard InChI is InChI=1S/C14H17ClO3S/c1-4-18-14(16)9-7-10(15)13-12(8(9)2)11(17-3)5-6-19-13/h7,11H,4-6H2,1-3H3. The summed E-state index contributed by atoms with van der Waals surface area (Å²) in [5.41, 5.74) is 2.49. The Morgan fingerprint density at radius 3 is 2.95 bits per heavy atom. The second-order valence-electron chi connectivity index (χ2n) is 4.36. The second-order valence-corrected chi connectivity index (χ2v) is 5.87. The van der Waals surface area contributed by atoms with Crippen molar-refractivity contribution in [2.75, 3.05) is 19.5 Å². The SMILES string of the molecule is CCOC(=O)c1cc(Cl)c2c(c1C)C(OC)CCS2. The molecule has 0 saturated heterocycles. The highest BCUT2D eigenvalue weighted by Gasteiger charge is 2.28. The molecule has 0 N–H and O–H groups in total. The van der Waals surface area contributed by atoms with Crippen LogP contribution in [-0.4, -0.2) is 25.4 Å². The van der Waals surface area contributed by atoms with Crippen molar-refractivity contribution >= 4 is 29.3 Å². The minimum atomic E-state index is -0.324. The summed E-state index contributed by atoms with van der Waals surface area (Å²) in [7, 11) is 1.69. The van der Waals surface area contributed by atoms with Gasteiger partial charge in [0.2, 0.25) is 0 Å². The number of esters is 1. The highest BCUT2D eigenvalue weighted by Crippen LogP contribution is 2.44. The van der Waals surface area contributed by atoms with Gasteiger partial charge in [-0.25, -0.2) is 4.79 Å². The third-order valence-electron chi connectivity index (χ3n) is 3.27. The third-order valence-corrected chi connectivity index (χ3v) is 4.85. The normalized spacial score (nSPS) is 18.0. The van der Waals surface area contributed by atoms with Crippen LogP contribution in [0.3, 0.4) is 0 Å². The number of methoxy groups -OCH3 is 1. The first-order chi connectivity index (χ1) is 9.10. The van der Waals surface area contributed by atoms with Crippen LogP contribution in [0.5, 0.6) is 0 Å². The van der Waals surface area contributed by atoms with Gasteiger partial charge in [0, 0.05) is 17.8 Å². The van der Waals surface area contributed by atoms with Crippen molar-refractivity contribution in [1.82, 2.24) is 0 Å². The van der Waals surface area contributed by atoms with Gasteiger partial charge in [-0.15, -0.1) is 11.8 Å². The Hall–Kier alpha value is -0.710. The van der Waals surface area contributed by atoms with E-state index in [0.717, 1.165) is 28.2 Å². The molecule has 0 fully saturated rings. The number of hydrogen-bond acceptors (Lipinski definition) is 4. The Labute approximate surface area is 122 Å². The number of hydrogen-bond donors (Lipinski definition) is 0. The fourth-order valence-electron chi connectivity index (χ4n) is 2.35. The van der Waals surface area contributed by atoms with Crippen molar-refractivity contribution in [2.24, 2.45) is 0 Å². The average Bonchev–Trinajstić information content (AvgIpc) is 2.42. The van der Waals surface area contributed by atoms with Gasteiger partial charge in [-0.1, -0.05) is 11.6 Å². The number of ether oxygens (including phenoxy) is 2. The van der Waals surface area contributed by atoms with E-state index in [1.165, 1.54) is 0 Å². The van der Waals surface area contributed by atoms with Gasteiger partial charge < -0.3 is 9.47 Å². The van der Waals surface area contributed by atoms with Crippen LogP contribution in [0.4, 0.5) is 0 Å². The van der Waals surface area contributed by atoms with Crippen LogP contribution in [0.1, 0.15) is 40.9 Å². The van der Waals surface area contributed by atoms with Crippen LogP contribution in [0.25, 0.3) is 0 Å². The molecule has 0 aromatic heterocycles. The number of fused-ring (bicyclic) bond motifs is 1. The van der Waals surface area contributed by atoms with Crippen molar-refractivity contribution in [3.8, 4) is 0 Å². The van der Waals surface area contributed by atoms with Gasteiger partial charge in [0.1, 0.15) is 0 Å². The highest BCUT2D eigenvalue weighted by atomic mass is 35.5. The Bertz CT molecular complexity index is 502. The summed E-state index contributed by atoms with van der Waals surface area (Å²) < 4.78 is 10.6. The zero-order chi connectivity index (χ0) is 14.0. The molecule has 1 unspecified atom stereocenters. The summed E-state index contributed by atoms with van der Waals surface area (Å²) in [5, 5.41) is 0.607. The summed E-state index contributed by atoms with van der Waals surface area (Å²) in [6.07, 6.45) is 0.931. The summed E-state index contributed by atoms with van der Waals surface area (Å²) in [6.45, 7) is 4.08. The second kappa shape index (κ2) is 6.16. The Balaban J connectivity index is 2.55. The van der Waals surface area contributed by atoms with E-state index in [2.05, 4.69) is 0 Å². The van der Waals surface area contributed by atoms with Crippen LogP contribution in [0.2, 0.25) is 5.02 Å². The molecule has 1 heterocycles. The predicted molar refractivity (Wildman–Crippen MR) is 77.2 cm³/mol. The highest BCUT2D eigenvalue weighted by molar-refractivity contribution is 7.99. The average molecular weight is 301 g/mol. The van der Waals surface area contributed by atoms with E-state index in [1.807, 2.05) is 6.92 Å². The zero-order valence-electron chi connectivity index (χ0n) is 11.3. The van der Waals surface area contributed by atoms with Gasteiger partial charge in [0.25, 0.3) is 0 Å². The molecule has 0 bridgehead atoms. The fraction of sp³-hybridized carbons (Fsp3) is 0.500. The lowest BCUT2D eigenvalue weighted by Crippen LogP contribution is -2.15. The maximum atomic E-state index is 12.0. The largest absolute Gasteiger partial charge is 0.462 e. The lowest BCUT2D eigenvalue weighted by atomic mass is 9.96. The van der Waals surface area contributed by atoms with E-state index >= 15 is 0 Å². The summed E-state index contributed by atoms with van der Waals surface area (Å²) in [6, 6.07) is 1.71. The Morgan fingerprint density at radius 1 is 1.58 bits per heavy atom. The van der Waals surface area contributed by atoms with Crippen LogP contribution in [0, 0.1) is 6.92 Å². The molecular formula is C14H17ClO3S. The number of carbonyl (C=O) groups excluding carboxylic acids is 1. The maximum Gasteiger partial charge on any atom is 0.338 e. The lowest BCUT2D eigenvalue weighted by molar-refractivity contribution is 0.0524. The van der Waals surface area contributed by atoms with Crippen LogP contribution >= 0.6 is 23.4 Å².